The molecule has 0 aliphatic carbocycles. The molecule has 0 aromatic carbocycles. The van der Waals surface area contributed by atoms with E-state index in [1.165, 1.54) is 0 Å². The summed E-state index contributed by atoms with van der Waals surface area (Å²) < 4.78 is 0. The first-order valence-corrected chi connectivity index (χ1v) is 3.76. The fourth-order valence-corrected chi connectivity index (χ4v) is 0.447. The number of nitrogens with two attached hydrogens (primary N) is 2. The van der Waals surface area contributed by atoms with Gasteiger partial charge < -0.3 is 11.5 Å². The Hall–Kier alpha value is -1.58. The van der Waals surface area contributed by atoms with Crippen molar-refractivity contribution in [3.05, 3.63) is 24.8 Å². The van der Waals surface area contributed by atoms with Gasteiger partial charge in [-0.3, -0.25) is 4.79 Å². The van der Waals surface area contributed by atoms with Crippen LogP contribution >= 0.6 is 0 Å². The highest BCUT2D eigenvalue weighted by Crippen LogP contribution is 1.98. The second-order valence-corrected chi connectivity index (χ2v) is 2.43. The molecule has 0 aromatic heterocycles. The van der Waals surface area contributed by atoms with E-state index >= 15 is 0 Å². The molecule has 0 aromatic rings. The Morgan fingerprint density at radius 1 is 1.38 bits per heavy atom. The fraction of sp³-hybridized carbons (Fsp3) is 0.333. The molecule has 0 rings (SSSR count). The lowest BCUT2D eigenvalue weighted by Gasteiger charge is -1.92. The number of carbonyl (C=O) groups excluding carboxylic acids is 2. The predicted molar refractivity (Wildman–Crippen MR) is 53.0 cm³/mol. The van der Waals surface area contributed by atoms with Gasteiger partial charge in [0.05, 0.1) is 0 Å². The number of rotatable bonds is 4. The maximum atomic E-state index is 10.8. The van der Waals surface area contributed by atoms with Gasteiger partial charge in [0.25, 0.3) is 0 Å². The molecule has 0 bridgehead atoms. The Kier molecular flexibility index (Phi) is 9.15. The van der Waals surface area contributed by atoms with Gasteiger partial charge in [-0.15, -0.1) is 6.58 Å². The van der Waals surface area contributed by atoms with E-state index in [9.17, 15) is 4.79 Å². The first-order valence-electron chi connectivity index (χ1n) is 3.76. The molecular formula is C9H16N2O2. The molecule has 74 valence electrons. The predicted octanol–water partition coefficient (Wildman–Crippen LogP) is 1.12. The number of allylic oxidation sites excluding steroid dienone is 2. The van der Waals surface area contributed by atoms with Gasteiger partial charge in [0.15, 0.2) is 5.78 Å². The van der Waals surface area contributed by atoms with E-state index in [1.807, 2.05) is 0 Å². The Morgan fingerprint density at radius 3 is 2.00 bits per heavy atom. The van der Waals surface area contributed by atoms with Crippen LogP contribution < -0.4 is 11.5 Å². The maximum absolute atomic E-state index is 10.8. The minimum atomic E-state index is -0.833. The molecule has 13 heavy (non-hydrogen) atoms. The zero-order valence-electron chi connectivity index (χ0n) is 7.88. The van der Waals surface area contributed by atoms with Crippen molar-refractivity contribution >= 4 is 11.8 Å². The second-order valence-electron chi connectivity index (χ2n) is 2.43. The summed E-state index contributed by atoms with van der Waals surface area (Å²) in [5.41, 5.74) is 9.14. The van der Waals surface area contributed by atoms with Crippen LogP contribution in [0.4, 0.5) is 4.79 Å². The highest BCUT2D eigenvalue weighted by atomic mass is 16.2. The first-order chi connectivity index (χ1) is 5.91. The minimum absolute atomic E-state index is 0.134. The van der Waals surface area contributed by atoms with Crippen LogP contribution in [0.15, 0.2) is 24.8 Å². The quantitative estimate of drug-likeness (QED) is 0.506. The van der Waals surface area contributed by atoms with Crippen LogP contribution in [0.5, 0.6) is 0 Å². The lowest BCUT2D eigenvalue weighted by molar-refractivity contribution is -0.115. The summed E-state index contributed by atoms with van der Waals surface area (Å²) in [4.78, 5) is 19.8. The number of hydrogen-bond acceptors (Lipinski definition) is 2. The van der Waals surface area contributed by atoms with Gasteiger partial charge in [0.2, 0.25) is 0 Å². The number of urea groups is 1. The summed E-state index contributed by atoms with van der Waals surface area (Å²) in [5, 5.41) is 0. The molecular weight excluding hydrogens is 168 g/mol. The molecule has 0 unspecified atom stereocenters. The SMILES string of the molecule is C=CCCC(=O)C(=C)C.NC(N)=O. The van der Waals surface area contributed by atoms with Crippen molar-refractivity contribution in [2.75, 3.05) is 0 Å². The Balaban J connectivity index is 0. The van der Waals surface area contributed by atoms with E-state index in [4.69, 9.17) is 4.79 Å². The van der Waals surface area contributed by atoms with Crippen LogP contribution in [0.25, 0.3) is 0 Å². The monoisotopic (exact) mass is 184 g/mol. The third kappa shape index (κ3) is 17.9. The van der Waals surface area contributed by atoms with Crippen molar-refractivity contribution in [2.24, 2.45) is 11.5 Å². The molecule has 0 atom stereocenters. The highest BCUT2D eigenvalue weighted by Gasteiger charge is 1.97. The number of carbonyl (C=O) groups is 2. The van der Waals surface area contributed by atoms with E-state index in [0.717, 1.165) is 6.42 Å². The van der Waals surface area contributed by atoms with Crippen molar-refractivity contribution in [3.8, 4) is 0 Å². The average molecular weight is 184 g/mol. The summed E-state index contributed by atoms with van der Waals surface area (Å²) in [6, 6.07) is -0.833. The van der Waals surface area contributed by atoms with E-state index < -0.39 is 6.03 Å². The molecule has 0 saturated heterocycles. The van der Waals surface area contributed by atoms with E-state index in [1.54, 1.807) is 13.0 Å². The summed E-state index contributed by atoms with van der Waals surface area (Å²) in [5.74, 6) is 0.134. The largest absolute Gasteiger partial charge is 0.352 e. The zero-order valence-corrected chi connectivity index (χ0v) is 7.88. The number of Topliss-reactive ketones (excluding diaryl/α,β-unsaturated/α-hetero) is 1. The van der Waals surface area contributed by atoms with Gasteiger partial charge in [0, 0.05) is 6.42 Å². The van der Waals surface area contributed by atoms with Gasteiger partial charge in [-0.1, -0.05) is 12.7 Å². The molecule has 0 aliphatic heterocycles. The van der Waals surface area contributed by atoms with Crippen LogP contribution in [-0.2, 0) is 4.79 Å². The normalized spacial score (nSPS) is 7.77. The minimum Gasteiger partial charge on any atom is -0.352 e. The van der Waals surface area contributed by atoms with Crippen molar-refractivity contribution in [1.29, 1.82) is 0 Å². The molecule has 0 fully saturated rings. The van der Waals surface area contributed by atoms with Crippen molar-refractivity contribution in [1.82, 2.24) is 0 Å². The maximum Gasteiger partial charge on any atom is 0.309 e. The van der Waals surface area contributed by atoms with E-state index in [2.05, 4.69) is 24.6 Å². The summed E-state index contributed by atoms with van der Waals surface area (Å²) in [6.07, 6.45) is 3.05. The fourth-order valence-electron chi connectivity index (χ4n) is 0.447. The van der Waals surface area contributed by atoms with Crippen LogP contribution in [0.2, 0.25) is 0 Å². The van der Waals surface area contributed by atoms with E-state index in [0.29, 0.717) is 12.0 Å². The lowest BCUT2D eigenvalue weighted by atomic mass is 10.1. The molecule has 0 radical (unpaired) electrons. The van der Waals surface area contributed by atoms with Crippen LogP contribution in [0, 0.1) is 0 Å². The smallest absolute Gasteiger partial charge is 0.309 e. The standard InChI is InChI=1S/C8H12O.CH4N2O/c1-4-5-6-8(9)7(2)3;2-1(3)4/h4H,1-2,5-6H2,3H3;(H4,2,3,4). The zero-order chi connectivity index (χ0) is 10.9. The first kappa shape index (κ1) is 14.0. The molecule has 0 aliphatic rings. The molecule has 4 nitrogen and oxygen atoms in total. The average Bonchev–Trinajstić information content (AvgIpc) is 1.98. The summed E-state index contributed by atoms with van der Waals surface area (Å²) in [6.45, 7) is 8.76. The molecule has 4 N–H and O–H groups in total. The van der Waals surface area contributed by atoms with Crippen molar-refractivity contribution in [2.45, 2.75) is 19.8 Å². The highest BCUT2D eigenvalue weighted by molar-refractivity contribution is 5.94. The number of hydrogen-bond donors (Lipinski definition) is 2. The molecule has 0 saturated carbocycles. The molecule has 0 heterocycles. The molecule has 0 spiro atoms. The van der Waals surface area contributed by atoms with Crippen LogP contribution in [0.3, 0.4) is 0 Å². The number of amides is 2. The van der Waals surface area contributed by atoms with Gasteiger partial charge in [0.1, 0.15) is 0 Å². The third-order valence-corrected chi connectivity index (χ3v) is 1.05. The van der Waals surface area contributed by atoms with Crippen molar-refractivity contribution in [3.63, 3.8) is 0 Å². The Morgan fingerprint density at radius 2 is 1.77 bits per heavy atom. The summed E-state index contributed by atoms with van der Waals surface area (Å²) in [7, 11) is 0. The van der Waals surface area contributed by atoms with E-state index in [-0.39, 0.29) is 5.78 Å². The third-order valence-electron chi connectivity index (χ3n) is 1.05. The van der Waals surface area contributed by atoms with Gasteiger partial charge in [-0.05, 0) is 18.9 Å². The number of ketones is 1. The summed E-state index contributed by atoms with van der Waals surface area (Å²) >= 11 is 0. The van der Waals surface area contributed by atoms with Gasteiger partial charge >= 0.3 is 6.03 Å². The molecule has 4 heteroatoms. The van der Waals surface area contributed by atoms with Gasteiger partial charge in [-0.25, -0.2) is 4.79 Å². The topological polar surface area (TPSA) is 86.2 Å². The Labute approximate surface area is 78.3 Å². The van der Waals surface area contributed by atoms with Crippen LogP contribution in [0.1, 0.15) is 19.8 Å². The lowest BCUT2D eigenvalue weighted by Crippen LogP contribution is -2.18. The molecule has 2 amide bonds. The van der Waals surface area contributed by atoms with Gasteiger partial charge in [-0.2, -0.15) is 0 Å². The second kappa shape index (κ2) is 8.52. The van der Waals surface area contributed by atoms with Crippen molar-refractivity contribution < 1.29 is 9.59 Å². The number of primary amides is 2. The Bertz CT molecular complexity index is 206. The van der Waals surface area contributed by atoms with Crippen LogP contribution in [-0.4, -0.2) is 11.8 Å².